The summed E-state index contributed by atoms with van der Waals surface area (Å²) in [6, 6.07) is 7.38. The number of rotatable bonds is 3. The quantitative estimate of drug-likeness (QED) is 0.899. The van der Waals surface area contributed by atoms with E-state index < -0.39 is 17.4 Å². The number of fused-ring (bicyclic) bond motifs is 1. The Hall–Kier alpha value is -2.47. The number of hydrogen-bond acceptors (Lipinski definition) is 4. The predicted octanol–water partition coefficient (Wildman–Crippen LogP) is 1.60. The molecule has 0 unspecified atom stereocenters. The summed E-state index contributed by atoms with van der Waals surface area (Å²) in [5.74, 6) is -1.45. The van der Waals surface area contributed by atoms with Crippen LogP contribution in [-0.2, 0) is 9.53 Å². The van der Waals surface area contributed by atoms with Crippen LogP contribution in [0.15, 0.2) is 36.7 Å². The number of ether oxygens (including phenoxy) is 1. The Balaban J connectivity index is 1.94. The summed E-state index contributed by atoms with van der Waals surface area (Å²) in [4.78, 5) is 28.3. The van der Waals surface area contributed by atoms with E-state index in [4.69, 9.17) is 4.74 Å². The molecule has 0 radical (unpaired) electrons. The molecule has 6 heteroatoms. The third-order valence-electron chi connectivity index (χ3n) is 4.02. The van der Waals surface area contributed by atoms with Gasteiger partial charge < -0.3 is 15.2 Å². The Labute approximate surface area is 127 Å². The third-order valence-corrected chi connectivity index (χ3v) is 4.02. The molecular formula is C16H16N2O4. The molecule has 1 aromatic carbocycles. The molecule has 6 nitrogen and oxygen atoms in total. The molecule has 1 saturated heterocycles. The van der Waals surface area contributed by atoms with Gasteiger partial charge in [-0.1, -0.05) is 24.3 Å². The summed E-state index contributed by atoms with van der Waals surface area (Å²) in [5, 5.41) is 13.8. The van der Waals surface area contributed by atoms with Crippen molar-refractivity contribution in [2.24, 2.45) is 0 Å². The fourth-order valence-corrected chi connectivity index (χ4v) is 2.69. The van der Waals surface area contributed by atoms with Gasteiger partial charge >= 0.3 is 5.97 Å². The number of aromatic nitrogens is 1. The summed E-state index contributed by atoms with van der Waals surface area (Å²) in [6.07, 6.45) is 3.65. The average molecular weight is 300 g/mol. The van der Waals surface area contributed by atoms with Crippen molar-refractivity contribution in [3.8, 4) is 0 Å². The Morgan fingerprint density at radius 1 is 1.18 bits per heavy atom. The Kier molecular flexibility index (Phi) is 3.77. The van der Waals surface area contributed by atoms with Gasteiger partial charge in [0.2, 0.25) is 0 Å². The lowest BCUT2D eigenvalue weighted by molar-refractivity contribution is -0.148. The molecule has 2 N–H and O–H groups in total. The number of amides is 1. The van der Waals surface area contributed by atoms with Crippen molar-refractivity contribution >= 4 is 22.6 Å². The maximum absolute atomic E-state index is 12.6. The van der Waals surface area contributed by atoms with E-state index in [9.17, 15) is 14.7 Å². The lowest BCUT2D eigenvalue weighted by Gasteiger charge is -2.33. The molecule has 1 aliphatic rings. The lowest BCUT2D eigenvalue weighted by atomic mass is 9.89. The molecule has 0 bridgehead atoms. The van der Waals surface area contributed by atoms with E-state index in [0.29, 0.717) is 18.8 Å². The van der Waals surface area contributed by atoms with Crippen LogP contribution in [0.2, 0.25) is 0 Å². The second kappa shape index (κ2) is 5.73. The molecule has 22 heavy (non-hydrogen) atoms. The fraction of sp³-hybridized carbons (Fsp3) is 0.312. The molecule has 1 amide bonds. The van der Waals surface area contributed by atoms with Crippen molar-refractivity contribution in [2.45, 2.75) is 18.4 Å². The zero-order valence-electron chi connectivity index (χ0n) is 11.9. The molecule has 3 rings (SSSR count). The number of carbonyl (C=O) groups is 2. The first-order valence-electron chi connectivity index (χ1n) is 7.09. The summed E-state index contributed by atoms with van der Waals surface area (Å²) in [5.41, 5.74) is -0.892. The van der Waals surface area contributed by atoms with E-state index in [-0.39, 0.29) is 12.8 Å². The molecule has 2 heterocycles. The maximum atomic E-state index is 12.6. The van der Waals surface area contributed by atoms with E-state index in [2.05, 4.69) is 10.3 Å². The topological polar surface area (TPSA) is 88.5 Å². The van der Waals surface area contributed by atoms with Crippen molar-refractivity contribution < 1.29 is 19.4 Å². The van der Waals surface area contributed by atoms with E-state index in [0.717, 1.165) is 10.8 Å². The first-order valence-corrected chi connectivity index (χ1v) is 7.09. The summed E-state index contributed by atoms with van der Waals surface area (Å²) in [7, 11) is 0. The van der Waals surface area contributed by atoms with Crippen LogP contribution in [-0.4, -0.2) is 40.7 Å². The highest BCUT2D eigenvalue weighted by Crippen LogP contribution is 2.23. The lowest BCUT2D eigenvalue weighted by Crippen LogP contribution is -2.57. The SMILES string of the molecule is O=C(NC1(C(=O)O)CCOCC1)c1cncc2ccccc12. The smallest absolute Gasteiger partial charge is 0.329 e. The van der Waals surface area contributed by atoms with Crippen LogP contribution < -0.4 is 5.32 Å². The second-order valence-corrected chi connectivity index (χ2v) is 5.36. The van der Waals surface area contributed by atoms with Crippen molar-refractivity contribution in [1.29, 1.82) is 0 Å². The average Bonchev–Trinajstić information content (AvgIpc) is 2.55. The minimum Gasteiger partial charge on any atom is -0.480 e. The molecule has 0 saturated carbocycles. The van der Waals surface area contributed by atoms with E-state index >= 15 is 0 Å². The summed E-state index contributed by atoms with van der Waals surface area (Å²) >= 11 is 0. The van der Waals surface area contributed by atoms with Crippen molar-refractivity contribution in [3.05, 3.63) is 42.2 Å². The monoisotopic (exact) mass is 300 g/mol. The van der Waals surface area contributed by atoms with Gasteiger partial charge in [-0.15, -0.1) is 0 Å². The number of pyridine rings is 1. The highest BCUT2D eigenvalue weighted by Gasteiger charge is 2.41. The molecule has 1 aliphatic heterocycles. The van der Waals surface area contributed by atoms with E-state index in [1.165, 1.54) is 6.20 Å². The number of nitrogens with zero attached hydrogens (tertiary/aromatic N) is 1. The molecule has 114 valence electrons. The van der Waals surface area contributed by atoms with Crippen LogP contribution in [0.1, 0.15) is 23.2 Å². The fourth-order valence-electron chi connectivity index (χ4n) is 2.69. The molecular weight excluding hydrogens is 284 g/mol. The first-order chi connectivity index (χ1) is 10.6. The van der Waals surface area contributed by atoms with Crippen LogP contribution >= 0.6 is 0 Å². The second-order valence-electron chi connectivity index (χ2n) is 5.36. The number of hydrogen-bond donors (Lipinski definition) is 2. The van der Waals surface area contributed by atoms with Crippen LogP contribution in [0, 0.1) is 0 Å². The zero-order chi connectivity index (χ0) is 15.6. The minimum absolute atomic E-state index is 0.256. The summed E-state index contributed by atoms with van der Waals surface area (Å²) in [6.45, 7) is 0.640. The maximum Gasteiger partial charge on any atom is 0.329 e. The van der Waals surface area contributed by atoms with Gasteiger partial charge in [0, 0.05) is 43.8 Å². The highest BCUT2D eigenvalue weighted by molar-refractivity contribution is 6.07. The van der Waals surface area contributed by atoms with Gasteiger partial charge in [-0.3, -0.25) is 9.78 Å². The number of carboxylic acids is 1. The van der Waals surface area contributed by atoms with Crippen molar-refractivity contribution in [1.82, 2.24) is 10.3 Å². The predicted molar refractivity (Wildman–Crippen MR) is 79.6 cm³/mol. The number of nitrogens with one attached hydrogen (secondary N) is 1. The first kappa shape index (κ1) is 14.5. The molecule has 0 aliphatic carbocycles. The Bertz CT molecular complexity index is 718. The minimum atomic E-state index is -1.27. The number of carbonyl (C=O) groups excluding carboxylic acids is 1. The molecule has 1 fully saturated rings. The summed E-state index contributed by atoms with van der Waals surface area (Å²) < 4.78 is 5.21. The molecule has 1 aromatic heterocycles. The standard InChI is InChI=1S/C16H16N2O4/c19-14(18-16(15(20)21)5-7-22-8-6-16)13-10-17-9-11-3-1-2-4-12(11)13/h1-4,9-10H,5-8H2,(H,18,19)(H,20,21). The van der Waals surface area contributed by atoms with Gasteiger partial charge in [0.15, 0.2) is 0 Å². The number of aliphatic carboxylic acids is 1. The highest BCUT2D eigenvalue weighted by atomic mass is 16.5. The van der Waals surface area contributed by atoms with E-state index in [1.807, 2.05) is 24.3 Å². The molecule has 0 spiro atoms. The largest absolute Gasteiger partial charge is 0.480 e. The molecule has 2 aromatic rings. The van der Waals surface area contributed by atoms with Crippen LogP contribution in [0.3, 0.4) is 0 Å². The van der Waals surface area contributed by atoms with E-state index in [1.54, 1.807) is 6.20 Å². The van der Waals surface area contributed by atoms with Crippen molar-refractivity contribution in [3.63, 3.8) is 0 Å². The van der Waals surface area contributed by atoms with Crippen LogP contribution in [0.25, 0.3) is 10.8 Å². The van der Waals surface area contributed by atoms with Gasteiger partial charge in [0.1, 0.15) is 5.54 Å². The normalized spacial score (nSPS) is 17.1. The number of benzene rings is 1. The van der Waals surface area contributed by atoms with Crippen LogP contribution in [0.5, 0.6) is 0 Å². The Morgan fingerprint density at radius 2 is 1.91 bits per heavy atom. The zero-order valence-corrected chi connectivity index (χ0v) is 11.9. The molecule has 0 atom stereocenters. The van der Waals surface area contributed by atoms with Gasteiger partial charge in [-0.05, 0) is 5.39 Å². The van der Waals surface area contributed by atoms with Gasteiger partial charge in [0.05, 0.1) is 5.56 Å². The van der Waals surface area contributed by atoms with Crippen molar-refractivity contribution in [2.75, 3.05) is 13.2 Å². The third kappa shape index (κ3) is 2.53. The number of carboxylic acid groups (broad SMARTS) is 1. The van der Waals surface area contributed by atoms with Gasteiger partial charge in [-0.2, -0.15) is 0 Å². The van der Waals surface area contributed by atoms with Crippen LogP contribution in [0.4, 0.5) is 0 Å². The Morgan fingerprint density at radius 3 is 2.64 bits per heavy atom. The van der Waals surface area contributed by atoms with Gasteiger partial charge in [0.25, 0.3) is 5.91 Å². The van der Waals surface area contributed by atoms with Gasteiger partial charge in [-0.25, -0.2) is 4.79 Å².